The Morgan fingerprint density at radius 3 is 1.82 bits per heavy atom. The van der Waals surface area contributed by atoms with Crippen molar-refractivity contribution in [2.45, 2.75) is 77.5 Å². The molecule has 13 heteroatoms. The number of hydrogen-bond donors (Lipinski definition) is 8. The van der Waals surface area contributed by atoms with Gasteiger partial charge in [-0.15, -0.1) is 0 Å². The molecule has 196 valence electrons. The van der Waals surface area contributed by atoms with Crippen LogP contribution in [-0.4, -0.2) is 71.2 Å². The summed E-state index contributed by atoms with van der Waals surface area (Å²) in [5.74, 6) is -2.87. The van der Waals surface area contributed by atoms with Crippen molar-refractivity contribution in [2.24, 2.45) is 34.0 Å². The fraction of sp³-hybridized carbons (Fsp3) is 0.762. The summed E-state index contributed by atoms with van der Waals surface area (Å²) in [7, 11) is 0. The van der Waals surface area contributed by atoms with Crippen LogP contribution in [0.25, 0.3) is 0 Å². The monoisotopic (exact) mass is 503 g/mol. The number of aliphatic carboxylic acids is 1. The molecule has 0 aliphatic carbocycles. The molecule has 0 aromatic heterocycles. The molecule has 0 aromatic rings. The summed E-state index contributed by atoms with van der Waals surface area (Å²) in [4.78, 5) is 53.3. The molecule has 4 unspecified atom stereocenters. The summed E-state index contributed by atoms with van der Waals surface area (Å²) in [6.45, 7) is 7.87. The van der Waals surface area contributed by atoms with E-state index in [1.54, 1.807) is 0 Å². The van der Waals surface area contributed by atoms with Crippen molar-refractivity contribution in [2.75, 3.05) is 12.3 Å². The van der Waals surface area contributed by atoms with Crippen LogP contribution < -0.4 is 33.2 Å². The number of nitrogens with zero attached hydrogens (tertiary/aromatic N) is 1. The van der Waals surface area contributed by atoms with Gasteiger partial charge in [-0.3, -0.25) is 19.4 Å². The van der Waals surface area contributed by atoms with E-state index in [4.69, 9.17) is 17.2 Å². The van der Waals surface area contributed by atoms with Crippen molar-refractivity contribution < 1.29 is 24.3 Å². The average Bonchev–Trinajstić information content (AvgIpc) is 2.71. The SMILES string of the molecule is CC(C)CC(N)C(=O)NC(CC(C)C)C(=O)NC(CS)C(=O)NC(CCCN=C(N)N)C(=O)O. The highest BCUT2D eigenvalue weighted by molar-refractivity contribution is 7.80. The van der Waals surface area contributed by atoms with Gasteiger partial charge in [0.1, 0.15) is 18.1 Å². The molecule has 4 atom stereocenters. The summed E-state index contributed by atoms with van der Waals surface area (Å²) in [5.41, 5.74) is 16.4. The highest BCUT2D eigenvalue weighted by atomic mass is 32.1. The van der Waals surface area contributed by atoms with E-state index in [0.717, 1.165) is 0 Å². The number of carbonyl (C=O) groups excluding carboxylic acids is 3. The predicted octanol–water partition coefficient (Wildman–Crippen LogP) is -1.07. The zero-order chi connectivity index (χ0) is 26.4. The minimum atomic E-state index is -1.23. The maximum Gasteiger partial charge on any atom is 0.326 e. The summed E-state index contributed by atoms with van der Waals surface area (Å²) in [6.07, 6.45) is 1.20. The smallest absolute Gasteiger partial charge is 0.326 e. The number of nitrogens with two attached hydrogens (primary N) is 3. The highest BCUT2D eigenvalue weighted by Gasteiger charge is 2.30. The first-order valence-corrected chi connectivity index (χ1v) is 12.0. The van der Waals surface area contributed by atoms with E-state index < -0.39 is 47.9 Å². The van der Waals surface area contributed by atoms with Gasteiger partial charge in [0.25, 0.3) is 0 Å². The van der Waals surface area contributed by atoms with Crippen molar-refractivity contribution in [1.29, 1.82) is 0 Å². The number of rotatable bonds is 16. The van der Waals surface area contributed by atoms with Crippen molar-refractivity contribution in [1.82, 2.24) is 16.0 Å². The van der Waals surface area contributed by atoms with Gasteiger partial charge in [-0.1, -0.05) is 27.7 Å². The van der Waals surface area contributed by atoms with E-state index in [1.807, 2.05) is 27.7 Å². The Labute approximate surface area is 206 Å². The Kier molecular flexibility index (Phi) is 14.9. The van der Waals surface area contributed by atoms with Gasteiger partial charge in [0.05, 0.1) is 6.04 Å². The lowest BCUT2D eigenvalue weighted by molar-refractivity contribution is -0.142. The largest absolute Gasteiger partial charge is 0.480 e. The number of thiol groups is 1. The third kappa shape index (κ3) is 13.2. The number of guanidine groups is 1. The van der Waals surface area contributed by atoms with Crippen molar-refractivity contribution in [3.05, 3.63) is 0 Å². The van der Waals surface area contributed by atoms with E-state index in [2.05, 4.69) is 33.6 Å². The molecule has 0 saturated carbocycles. The van der Waals surface area contributed by atoms with Crippen molar-refractivity contribution >= 4 is 42.3 Å². The summed E-state index contributed by atoms with van der Waals surface area (Å²) >= 11 is 4.11. The van der Waals surface area contributed by atoms with Gasteiger partial charge in [-0.2, -0.15) is 12.6 Å². The standard InChI is InChI=1S/C21H41N7O5S/c1-11(2)8-13(22)17(29)27-15(9-12(3)4)18(30)28-16(10-34)19(31)26-14(20(32)33)6-5-7-25-21(23)24/h11-16,34H,5-10,22H2,1-4H3,(H,26,31)(H,27,29)(H,28,30)(H,32,33)(H4,23,24,25). The molecule has 10 N–H and O–H groups in total. The molecule has 0 rings (SSSR count). The molecule has 0 aliphatic heterocycles. The average molecular weight is 504 g/mol. The molecular weight excluding hydrogens is 462 g/mol. The van der Waals surface area contributed by atoms with E-state index in [9.17, 15) is 24.3 Å². The molecule has 0 aromatic carbocycles. The minimum absolute atomic E-state index is 0.0715. The number of nitrogens with one attached hydrogen (secondary N) is 3. The van der Waals surface area contributed by atoms with Gasteiger partial charge in [0, 0.05) is 12.3 Å². The molecule has 34 heavy (non-hydrogen) atoms. The van der Waals surface area contributed by atoms with Crippen LogP contribution in [0.15, 0.2) is 4.99 Å². The van der Waals surface area contributed by atoms with E-state index in [0.29, 0.717) is 19.3 Å². The lowest BCUT2D eigenvalue weighted by Crippen LogP contribution is -2.58. The zero-order valence-electron chi connectivity index (χ0n) is 20.4. The second-order valence-corrected chi connectivity index (χ2v) is 9.38. The molecule has 0 aliphatic rings. The second kappa shape index (κ2) is 16.1. The maximum atomic E-state index is 12.9. The Hall–Kier alpha value is -2.54. The number of carboxylic acids is 1. The molecule has 12 nitrogen and oxygen atoms in total. The van der Waals surface area contributed by atoms with E-state index in [-0.39, 0.29) is 36.5 Å². The lowest BCUT2D eigenvalue weighted by atomic mass is 10.0. The van der Waals surface area contributed by atoms with Gasteiger partial charge >= 0.3 is 5.97 Å². The normalized spacial score (nSPS) is 14.6. The summed E-state index contributed by atoms with van der Waals surface area (Å²) in [5, 5.41) is 17.0. The number of carbonyl (C=O) groups is 4. The second-order valence-electron chi connectivity index (χ2n) is 9.02. The van der Waals surface area contributed by atoms with Crippen LogP contribution in [-0.2, 0) is 19.2 Å². The molecule has 3 amide bonds. The fourth-order valence-corrected chi connectivity index (χ4v) is 3.35. The number of carboxylic acid groups (broad SMARTS) is 1. The molecule has 0 spiro atoms. The van der Waals surface area contributed by atoms with Crippen LogP contribution in [0.2, 0.25) is 0 Å². The van der Waals surface area contributed by atoms with Crippen LogP contribution >= 0.6 is 12.6 Å². The number of amides is 3. The fourth-order valence-electron chi connectivity index (χ4n) is 3.10. The van der Waals surface area contributed by atoms with Crippen LogP contribution in [0, 0.1) is 11.8 Å². The van der Waals surface area contributed by atoms with Gasteiger partial charge in [-0.25, -0.2) is 4.79 Å². The van der Waals surface area contributed by atoms with Gasteiger partial charge < -0.3 is 38.3 Å². The molecule has 0 bridgehead atoms. The molecule has 0 radical (unpaired) electrons. The van der Waals surface area contributed by atoms with Crippen molar-refractivity contribution in [3.63, 3.8) is 0 Å². The third-order valence-corrected chi connectivity index (χ3v) is 5.14. The maximum absolute atomic E-state index is 12.9. The third-order valence-electron chi connectivity index (χ3n) is 4.78. The number of aliphatic imine (C=N–C) groups is 1. The Bertz CT molecular complexity index is 714. The first-order valence-electron chi connectivity index (χ1n) is 11.3. The zero-order valence-corrected chi connectivity index (χ0v) is 21.3. The van der Waals surface area contributed by atoms with E-state index in [1.165, 1.54) is 0 Å². The van der Waals surface area contributed by atoms with Crippen LogP contribution in [0.3, 0.4) is 0 Å². The predicted molar refractivity (Wildman–Crippen MR) is 134 cm³/mol. The van der Waals surface area contributed by atoms with E-state index >= 15 is 0 Å². The van der Waals surface area contributed by atoms with Crippen molar-refractivity contribution in [3.8, 4) is 0 Å². The Morgan fingerprint density at radius 2 is 1.35 bits per heavy atom. The molecule has 0 saturated heterocycles. The molecule has 0 heterocycles. The molecule has 0 fully saturated rings. The first kappa shape index (κ1) is 31.5. The number of hydrogen-bond acceptors (Lipinski definition) is 7. The topological polar surface area (TPSA) is 215 Å². The van der Waals surface area contributed by atoms with Crippen LogP contribution in [0.1, 0.15) is 53.4 Å². The van der Waals surface area contributed by atoms with Gasteiger partial charge in [-0.05, 0) is 37.5 Å². The summed E-state index contributed by atoms with van der Waals surface area (Å²) < 4.78 is 0. The minimum Gasteiger partial charge on any atom is -0.480 e. The lowest BCUT2D eigenvalue weighted by Gasteiger charge is -2.25. The first-order chi connectivity index (χ1) is 15.8. The van der Waals surface area contributed by atoms with Gasteiger partial charge in [0.15, 0.2) is 5.96 Å². The quantitative estimate of drug-likeness (QED) is 0.0560. The highest BCUT2D eigenvalue weighted by Crippen LogP contribution is 2.08. The van der Waals surface area contributed by atoms with Gasteiger partial charge in [0.2, 0.25) is 17.7 Å². The molecular formula is C21H41N7O5S. The summed E-state index contributed by atoms with van der Waals surface area (Å²) in [6, 6.07) is -3.97. The van der Waals surface area contributed by atoms with Crippen LogP contribution in [0.4, 0.5) is 0 Å². The van der Waals surface area contributed by atoms with Crippen LogP contribution in [0.5, 0.6) is 0 Å². The Balaban J connectivity index is 5.19. The Morgan fingerprint density at radius 1 is 0.853 bits per heavy atom.